The topological polar surface area (TPSA) is 32.6 Å². The molecule has 0 N–H and O–H groups in total. The van der Waals surface area contributed by atoms with Crippen LogP contribution in [-0.2, 0) is 16.1 Å². The first-order valence-corrected chi connectivity index (χ1v) is 18.8. The van der Waals surface area contributed by atoms with Crippen LogP contribution in [0.2, 0.25) is 0 Å². The highest BCUT2D eigenvalue weighted by Crippen LogP contribution is 2.31. The third-order valence-corrected chi connectivity index (χ3v) is 9.68. The molecule has 0 saturated carbocycles. The molecule has 1 heterocycles. The van der Waals surface area contributed by atoms with Gasteiger partial charge in [0.1, 0.15) is 32.3 Å². The summed E-state index contributed by atoms with van der Waals surface area (Å²) in [5.74, 6) is 2.11. The van der Waals surface area contributed by atoms with E-state index in [-0.39, 0.29) is 17.9 Å². The monoisotopic (exact) mass is 642 g/mol. The predicted octanol–water partition coefficient (Wildman–Crippen LogP) is 10.9. The molecule has 0 aliphatic carbocycles. The molecule has 3 rings (SSSR count). The van der Waals surface area contributed by atoms with Crippen LogP contribution in [0.1, 0.15) is 134 Å². The standard InChI is InChI=1S/C43H65N2O2/c1-6-40(39-29-23-19-24-30-39)41-35-44(32-33-47-43(46)37(4)5)42(45(41)34-38-27-21-18-22-28-38)31-25-17-15-13-11-9-7-8-10-12-14-16-20-26-36(2)3/h6,18-19,21-24,27-30,36,40-41H,1,4,7-17,20,25-26,31-35H2,2-3,5H3/q+1. The second-order valence-corrected chi connectivity index (χ2v) is 14.2. The zero-order valence-corrected chi connectivity index (χ0v) is 30.1. The van der Waals surface area contributed by atoms with Gasteiger partial charge in [-0.1, -0.05) is 171 Å². The zero-order valence-electron chi connectivity index (χ0n) is 30.1. The molecule has 2 atom stereocenters. The van der Waals surface area contributed by atoms with Crippen molar-refractivity contribution in [1.29, 1.82) is 0 Å². The molecule has 258 valence electrons. The number of hydrogen-bond acceptors (Lipinski definition) is 3. The number of carbonyl (C=O) groups is 1. The first-order chi connectivity index (χ1) is 22.9. The number of amidine groups is 1. The lowest BCUT2D eigenvalue weighted by molar-refractivity contribution is -0.524. The van der Waals surface area contributed by atoms with Crippen LogP contribution < -0.4 is 0 Å². The SMILES string of the molecule is C=CC(c1ccccc1)C1C[N+](CCOC(=O)C(=C)C)=C(CCCCCCCCCCCCCCCC(C)C)N1Cc1ccccc1. The maximum Gasteiger partial charge on any atom is 0.333 e. The zero-order chi connectivity index (χ0) is 33.7. The minimum atomic E-state index is -0.311. The Balaban J connectivity index is 1.55. The average molecular weight is 642 g/mol. The van der Waals surface area contributed by atoms with Gasteiger partial charge < -0.3 is 4.74 Å². The highest BCUT2D eigenvalue weighted by atomic mass is 16.5. The van der Waals surface area contributed by atoms with E-state index in [1.807, 2.05) is 0 Å². The molecular weight excluding hydrogens is 576 g/mol. The number of nitrogens with zero attached hydrogens (tertiary/aromatic N) is 2. The quantitative estimate of drug-likeness (QED) is 0.0355. The molecule has 1 aliphatic rings. The van der Waals surface area contributed by atoms with E-state index in [1.165, 1.54) is 107 Å². The van der Waals surface area contributed by atoms with Crippen molar-refractivity contribution in [1.82, 2.24) is 4.90 Å². The Morgan fingerprint density at radius 2 is 1.38 bits per heavy atom. The van der Waals surface area contributed by atoms with Crippen molar-refractivity contribution < 1.29 is 14.1 Å². The minimum Gasteiger partial charge on any atom is -0.458 e. The Bertz CT molecular complexity index is 1200. The van der Waals surface area contributed by atoms with Crippen molar-refractivity contribution in [2.45, 2.75) is 136 Å². The van der Waals surface area contributed by atoms with E-state index in [1.54, 1.807) is 6.92 Å². The third kappa shape index (κ3) is 14.3. The Morgan fingerprint density at radius 1 is 0.851 bits per heavy atom. The molecule has 4 heteroatoms. The van der Waals surface area contributed by atoms with Gasteiger partial charge >= 0.3 is 5.97 Å². The van der Waals surface area contributed by atoms with Crippen LogP contribution >= 0.6 is 0 Å². The number of unbranched alkanes of at least 4 members (excludes halogenated alkanes) is 12. The summed E-state index contributed by atoms with van der Waals surface area (Å²) in [6, 6.07) is 21.8. The van der Waals surface area contributed by atoms with Crippen LogP contribution in [0.25, 0.3) is 0 Å². The van der Waals surface area contributed by atoms with Gasteiger partial charge in [0.25, 0.3) is 0 Å². The van der Waals surface area contributed by atoms with Gasteiger partial charge in [-0.2, -0.15) is 0 Å². The van der Waals surface area contributed by atoms with Gasteiger partial charge in [-0.3, -0.25) is 9.48 Å². The van der Waals surface area contributed by atoms with E-state index in [0.717, 1.165) is 25.4 Å². The summed E-state index contributed by atoms with van der Waals surface area (Å²) in [5, 5.41) is 0. The molecule has 2 unspecified atom stereocenters. The molecule has 2 aromatic rings. The Hall–Kier alpha value is -3.14. The van der Waals surface area contributed by atoms with E-state index in [2.05, 4.69) is 103 Å². The van der Waals surface area contributed by atoms with Crippen LogP contribution in [-0.4, -0.2) is 47.0 Å². The molecule has 0 spiro atoms. The molecule has 0 bridgehead atoms. The van der Waals surface area contributed by atoms with E-state index >= 15 is 0 Å². The summed E-state index contributed by atoms with van der Waals surface area (Å²) < 4.78 is 8.05. The molecule has 0 fully saturated rings. The van der Waals surface area contributed by atoms with Crippen molar-refractivity contribution in [3.05, 3.63) is 96.6 Å². The summed E-state index contributed by atoms with van der Waals surface area (Å²) in [5.41, 5.74) is 3.05. The van der Waals surface area contributed by atoms with E-state index in [4.69, 9.17) is 4.74 Å². The maximum absolute atomic E-state index is 12.2. The summed E-state index contributed by atoms with van der Waals surface area (Å²) in [6.45, 7) is 17.2. The van der Waals surface area contributed by atoms with Gasteiger partial charge in [-0.25, -0.2) is 4.79 Å². The second-order valence-electron chi connectivity index (χ2n) is 14.2. The normalized spacial score (nSPS) is 15.3. The van der Waals surface area contributed by atoms with Gasteiger partial charge in [0, 0.05) is 17.9 Å². The number of carbonyl (C=O) groups excluding carboxylic acids is 1. The van der Waals surface area contributed by atoms with Gasteiger partial charge in [-0.15, -0.1) is 6.58 Å². The smallest absolute Gasteiger partial charge is 0.333 e. The molecule has 2 aromatic carbocycles. The molecular formula is C43H65N2O2+. The lowest BCUT2D eigenvalue weighted by Crippen LogP contribution is -2.39. The molecule has 0 radical (unpaired) electrons. The maximum atomic E-state index is 12.2. The summed E-state index contributed by atoms with van der Waals surface area (Å²) >= 11 is 0. The number of hydrogen-bond donors (Lipinski definition) is 0. The van der Waals surface area contributed by atoms with Crippen LogP contribution in [0.15, 0.2) is 85.5 Å². The fraction of sp³-hybridized carbons (Fsp3) is 0.581. The summed E-state index contributed by atoms with van der Waals surface area (Å²) in [4.78, 5) is 14.8. The van der Waals surface area contributed by atoms with Crippen LogP contribution in [0.5, 0.6) is 0 Å². The Morgan fingerprint density at radius 3 is 1.91 bits per heavy atom. The van der Waals surface area contributed by atoms with Crippen molar-refractivity contribution in [2.24, 2.45) is 5.92 Å². The lowest BCUT2D eigenvalue weighted by Gasteiger charge is -2.26. The Kier molecular flexibility index (Phi) is 18.3. The third-order valence-electron chi connectivity index (χ3n) is 9.68. The first kappa shape index (κ1) is 38.3. The number of benzene rings is 2. The van der Waals surface area contributed by atoms with Crippen molar-refractivity contribution >= 4 is 11.8 Å². The van der Waals surface area contributed by atoms with E-state index in [0.29, 0.717) is 18.7 Å². The van der Waals surface area contributed by atoms with Crippen LogP contribution in [0.3, 0.4) is 0 Å². The lowest BCUT2D eigenvalue weighted by atomic mass is 9.90. The second kappa shape index (κ2) is 22.4. The summed E-state index contributed by atoms with van der Waals surface area (Å²) in [6.07, 6.45) is 22.3. The highest BCUT2D eigenvalue weighted by molar-refractivity contribution is 5.86. The molecule has 47 heavy (non-hydrogen) atoms. The van der Waals surface area contributed by atoms with E-state index in [9.17, 15) is 4.79 Å². The van der Waals surface area contributed by atoms with Gasteiger partial charge in [0.2, 0.25) is 5.84 Å². The van der Waals surface area contributed by atoms with Crippen molar-refractivity contribution in [3.8, 4) is 0 Å². The molecule has 0 aromatic heterocycles. The minimum absolute atomic E-state index is 0.197. The van der Waals surface area contributed by atoms with E-state index < -0.39 is 0 Å². The van der Waals surface area contributed by atoms with Gasteiger partial charge in [0.15, 0.2) is 0 Å². The molecule has 1 aliphatic heterocycles. The molecule has 0 saturated heterocycles. The molecule has 0 amide bonds. The number of ether oxygens (including phenoxy) is 1. The van der Waals surface area contributed by atoms with Gasteiger partial charge in [-0.05, 0) is 30.4 Å². The molecule has 4 nitrogen and oxygen atoms in total. The average Bonchev–Trinajstić information content (AvgIpc) is 3.39. The first-order valence-electron chi connectivity index (χ1n) is 18.8. The fourth-order valence-electron chi connectivity index (χ4n) is 6.96. The number of rotatable bonds is 25. The largest absolute Gasteiger partial charge is 0.458 e. The Labute approximate surface area is 288 Å². The van der Waals surface area contributed by atoms with Gasteiger partial charge in [0.05, 0.1) is 0 Å². The summed E-state index contributed by atoms with van der Waals surface area (Å²) in [7, 11) is 0. The van der Waals surface area contributed by atoms with Crippen molar-refractivity contribution in [3.63, 3.8) is 0 Å². The predicted molar refractivity (Wildman–Crippen MR) is 200 cm³/mol. The number of esters is 1. The van der Waals surface area contributed by atoms with Crippen LogP contribution in [0, 0.1) is 5.92 Å². The van der Waals surface area contributed by atoms with Crippen molar-refractivity contribution in [2.75, 3.05) is 19.7 Å². The highest BCUT2D eigenvalue weighted by Gasteiger charge is 2.43. The fourth-order valence-corrected chi connectivity index (χ4v) is 6.96. The van der Waals surface area contributed by atoms with Crippen LogP contribution in [0.4, 0.5) is 0 Å².